The molecule has 7 heteroatoms. The second-order valence-electron chi connectivity index (χ2n) is 8.27. The quantitative estimate of drug-likeness (QED) is 0.174. The molecule has 0 saturated heterocycles. The van der Waals surface area contributed by atoms with Crippen LogP contribution in [-0.2, 0) is 19.1 Å². The van der Waals surface area contributed by atoms with Gasteiger partial charge in [0.25, 0.3) is 0 Å². The van der Waals surface area contributed by atoms with Gasteiger partial charge >= 0.3 is 11.9 Å². The molecule has 0 amide bonds. The van der Waals surface area contributed by atoms with Crippen molar-refractivity contribution in [2.24, 2.45) is 0 Å². The van der Waals surface area contributed by atoms with Crippen LogP contribution in [0.15, 0.2) is 12.2 Å². The third-order valence-corrected chi connectivity index (χ3v) is 4.19. The van der Waals surface area contributed by atoms with Crippen LogP contribution in [0.5, 0.6) is 0 Å². The molecule has 0 rings (SSSR count). The monoisotopic (exact) mass is 399 g/mol. The fourth-order valence-electron chi connectivity index (χ4n) is 2.92. The molecule has 28 heavy (non-hydrogen) atoms. The number of allylic oxidation sites excluding steroid dienone is 1. The molecule has 0 radical (unpaired) electrons. The van der Waals surface area contributed by atoms with Crippen LogP contribution in [0.2, 0.25) is 0 Å². The number of nitrogens with zero attached hydrogens (tertiary/aromatic N) is 1. The summed E-state index contributed by atoms with van der Waals surface area (Å²) in [5, 5.41) is 19.4. The molecule has 0 spiro atoms. The van der Waals surface area contributed by atoms with E-state index in [4.69, 9.17) is 9.84 Å². The highest BCUT2D eigenvalue weighted by Gasteiger charge is 2.21. The summed E-state index contributed by atoms with van der Waals surface area (Å²) >= 11 is 0. The molecule has 0 bridgehead atoms. The lowest BCUT2D eigenvalue weighted by Crippen LogP contribution is -2.45. The Balaban J connectivity index is 3.80. The van der Waals surface area contributed by atoms with E-state index in [-0.39, 0.29) is 12.8 Å². The highest BCUT2D eigenvalue weighted by molar-refractivity contribution is 5.82. The van der Waals surface area contributed by atoms with Crippen molar-refractivity contribution >= 4 is 17.9 Å². The third-order valence-electron chi connectivity index (χ3n) is 4.19. The van der Waals surface area contributed by atoms with Crippen LogP contribution in [0.1, 0.15) is 70.6 Å². The van der Waals surface area contributed by atoms with Crippen molar-refractivity contribution in [2.45, 2.75) is 76.7 Å². The van der Waals surface area contributed by atoms with Gasteiger partial charge in [0.15, 0.2) is 6.10 Å². The topological polar surface area (TPSA) is 104 Å². The van der Waals surface area contributed by atoms with Crippen LogP contribution in [0.25, 0.3) is 0 Å². The molecule has 0 aliphatic heterocycles. The van der Waals surface area contributed by atoms with Gasteiger partial charge in [-0.25, -0.2) is 4.79 Å². The highest BCUT2D eigenvalue weighted by atomic mass is 16.5. The van der Waals surface area contributed by atoms with Gasteiger partial charge < -0.3 is 24.2 Å². The first kappa shape index (κ1) is 26.1. The summed E-state index contributed by atoms with van der Waals surface area (Å²) in [5.74, 6) is -2.46. The van der Waals surface area contributed by atoms with Gasteiger partial charge in [0.1, 0.15) is 6.54 Å². The average Bonchev–Trinajstić information content (AvgIpc) is 2.53. The van der Waals surface area contributed by atoms with Crippen molar-refractivity contribution in [1.82, 2.24) is 0 Å². The normalized spacial score (nSPS) is 12.8. The van der Waals surface area contributed by atoms with Gasteiger partial charge in [-0.2, -0.15) is 0 Å². The van der Waals surface area contributed by atoms with Crippen molar-refractivity contribution in [3.8, 4) is 0 Å². The number of carboxylic acids is 2. The molecule has 0 heterocycles. The summed E-state index contributed by atoms with van der Waals surface area (Å²) in [6.45, 7) is 0.407. The number of hydrogen-bond acceptors (Lipinski definition) is 5. The largest absolute Gasteiger partial charge is 0.550 e. The van der Waals surface area contributed by atoms with E-state index in [0.717, 1.165) is 57.8 Å². The predicted molar refractivity (Wildman–Crippen MR) is 105 cm³/mol. The lowest BCUT2D eigenvalue weighted by Gasteiger charge is -2.29. The maximum Gasteiger partial charge on any atom is 0.330 e. The van der Waals surface area contributed by atoms with E-state index in [9.17, 15) is 19.5 Å². The fraction of sp³-hybridized carbons (Fsp3) is 0.762. The number of hydrogen-bond donors (Lipinski definition) is 1. The Morgan fingerprint density at radius 2 is 1.50 bits per heavy atom. The van der Waals surface area contributed by atoms with E-state index in [2.05, 4.69) is 0 Å². The Bertz CT molecular complexity index is 496. The molecule has 162 valence electrons. The first-order valence-electron chi connectivity index (χ1n) is 10.2. The number of quaternary nitrogens is 1. The minimum Gasteiger partial charge on any atom is -0.550 e. The number of unbranched alkanes of at least 4 members (excludes halogenated alkanes) is 8. The van der Waals surface area contributed by atoms with Gasteiger partial charge in [-0.15, -0.1) is 0 Å². The van der Waals surface area contributed by atoms with Gasteiger partial charge in [0.05, 0.1) is 21.1 Å². The molecule has 0 aromatic carbocycles. The molecule has 0 fully saturated rings. The third kappa shape index (κ3) is 18.9. The lowest BCUT2D eigenvalue weighted by molar-refractivity contribution is -0.873. The van der Waals surface area contributed by atoms with Gasteiger partial charge in [-0.1, -0.05) is 44.6 Å². The molecular formula is C21H37NO6. The number of ether oxygens (including phenoxy) is 1. The molecule has 1 atom stereocenters. The van der Waals surface area contributed by atoms with Crippen LogP contribution in [-0.4, -0.2) is 61.3 Å². The lowest BCUT2D eigenvalue weighted by atomic mass is 10.1. The number of carbonyl (C=O) groups is 3. The minimum atomic E-state index is -1.22. The Kier molecular flexibility index (Phi) is 14.1. The molecule has 0 saturated carbocycles. The predicted octanol–water partition coefficient (Wildman–Crippen LogP) is 2.29. The highest BCUT2D eigenvalue weighted by Crippen LogP contribution is 2.11. The molecule has 1 N–H and O–H groups in total. The van der Waals surface area contributed by atoms with Crippen LogP contribution in [0, 0.1) is 0 Å². The Labute approximate surface area is 169 Å². The van der Waals surface area contributed by atoms with E-state index >= 15 is 0 Å². The van der Waals surface area contributed by atoms with Crippen LogP contribution < -0.4 is 5.11 Å². The molecule has 0 aliphatic rings. The molecule has 0 aromatic heterocycles. The maximum absolute atomic E-state index is 11.9. The van der Waals surface area contributed by atoms with E-state index in [1.807, 2.05) is 21.1 Å². The SMILES string of the molecule is C[N+](C)(C)CC(CC(=O)[O-])OC(=O)C=CCCCCCCCCCCC(=O)O. The fourth-order valence-corrected chi connectivity index (χ4v) is 2.92. The second kappa shape index (κ2) is 15.1. The molecular weight excluding hydrogens is 362 g/mol. The smallest absolute Gasteiger partial charge is 0.330 e. The summed E-state index contributed by atoms with van der Waals surface area (Å²) in [7, 11) is 5.71. The summed E-state index contributed by atoms with van der Waals surface area (Å²) in [4.78, 5) is 33.1. The summed E-state index contributed by atoms with van der Waals surface area (Å²) < 4.78 is 5.74. The summed E-state index contributed by atoms with van der Waals surface area (Å²) in [6, 6.07) is 0. The Hall–Kier alpha value is -1.89. The van der Waals surface area contributed by atoms with E-state index in [1.165, 1.54) is 6.08 Å². The zero-order chi connectivity index (χ0) is 21.4. The van der Waals surface area contributed by atoms with Crippen molar-refractivity contribution in [3.63, 3.8) is 0 Å². The zero-order valence-corrected chi connectivity index (χ0v) is 17.7. The van der Waals surface area contributed by atoms with Crippen molar-refractivity contribution in [3.05, 3.63) is 12.2 Å². The molecule has 1 unspecified atom stereocenters. The zero-order valence-electron chi connectivity index (χ0n) is 17.7. The first-order chi connectivity index (χ1) is 13.1. The number of likely N-dealkylation sites (N-methyl/N-ethyl adjacent to an activating group) is 1. The van der Waals surface area contributed by atoms with Crippen molar-refractivity contribution in [2.75, 3.05) is 27.7 Å². The summed E-state index contributed by atoms with van der Waals surface area (Å²) in [6.07, 6.45) is 11.5. The molecule has 0 aromatic rings. The van der Waals surface area contributed by atoms with E-state index < -0.39 is 24.0 Å². The van der Waals surface area contributed by atoms with Gasteiger partial charge in [-0.05, 0) is 19.3 Å². The molecule has 0 aliphatic carbocycles. The number of carboxylic acid groups (broad SMARTS) is 2. The minimum absolute atomic E-state index is 0.262. The van der Waals surface area contributed by atoms with Crippen LogP contribution in [0.3, 0.4) is 0 Å². The van der Waals surface area contributed by atoms with Gasteiger partial charge in [0.2, 0.25) is 0 Å². The molecule has 7 nitrogen and oxygen atoms in total. The van der Waals surface area contributed by atoms with Gasteiger partial charge in [-0.3, -0.25) is 4.79 Å². The van der Waals surface area contributed by atoms with Crippen molar-refractivity contribution < 1.29 is 33.8 Å². The number of rotatable bonds is 17. The van der Waals surface area contributed by atoms with E-state index in [0.29, 0.717) is 11.0 Å². The Morgan fingerprint density at radius 3 is 2.00 bits per heavy atom. The van der Waals surface area contributed by atoms with Gasteiger partial charge in [0, 0.05) is 24.9 Å². The maximum atomic E-state index is 11.9. The van der Waals surface area contributed by atoms with Crippen molar-refractivity contribution in [1.29, 1.82) is 0 Å². The standard InChI is InChI=1S/C21H37NO6/c1-22(2,3)17-18(16-20(25)26)28-21(27)15-13-11-9-7-5-4-6-8-10-12-14-19(23)24/h13,15,18H,4-12,14,16-17H2,1-3H3,(H-,23,24,25,26). The summed E-state index contributed by atoms with van der Waals surface area (Å²) in [5.41, 5.74) is 0. The number of aliphatic carboxylic acids is 2. The number of carbonyl (C=O) groups excluding carboxylic acids is 2. The Morgan fingerprint density at radius 1 is 0.964 bits per heavy atom. The first-order valence-corrected chi connectivity index (χ1v) is 10.2. The number of esters is 1. The van der Waals surface area contributed by atoms with Crippen LogP contribution in [0.4, 0.5) is 0 Å². The average molecular weight is 400 g/mol. The second-order valence-corrected chi connectivity index (χ2v) is 8.27. The van der Waals surface area contributed by atoms with E-state index in [1.54, 1.807) is 6.08 Å². The van der Waals surface area contributed by atoms with Crippen LogP contribution >= 0.6 is 0 Å².